The average Bonchev–Trinajstić information content (AvgIpc) is 2.54. The minimum absolute atomic E-state index is 0.0522. The van der Waals surface area contributed by atoms with Crippen LogP contribution >= 0.6 is 23.1 Å². The van der Waals surface area contributed by atoms with Crippen molar-refractivity contribution < 1.29 is 0 Å². The number of nitrogens with one attached hydrogen (secondary N) is 1. The Morgan fingerprint density at radius 1 is 1.53 bits per heavy atom. The van der Waals surface area contributed by atoms with E-state index in [1.165, 1.54) is 11.8 Å². The molecule has 1 unspecified atom stereocenters. The predicted molar refractivity (Wildman–Crippen MR) is 74.1 cm³/mol. The van der Waals surface area contributed by atoms with Crippen molar-refractivity contribution in [3.05, 3.63) is 20.8 Å². The average molecular weight is 269 g/mol. The SMILES string of the molecule is Cc1sc2nc(SC(C)CN)[nH]c(=O)c2c1C. The van der Waals surface area contributed by atoms with E-state index in [0.29, 0.717) is 11.7 Å². The molecule has 0 aliphatic rings. The van der Waals surface area contributed by atoms with Crippen LogP contribution in [0.5, 0.6) is 0 Å². The number of nitrogens with zero attached hydrogens (tertiary/aromatic N) is 1. The first-order chi connectivity index (χ1) is 8.02. The quantitative estimate of drug-likeness (QED) is 0.660. The van der Waals surface area contributed by atoms with Gasteiger partial charge in [0.1, 0.15) is 4.83 Å². The summed E-state index contributed by atoms with van der Waals surface area (Å²) in [5, 5.41) is 1.62. The molecular weight excluding hydrogens is 254 g/mol. The minimum Gasteiger partial charge on any atom is -0.329 e. The van der Waals surface area contributed by atoms with E-state index in [-0.39, 0.29) is 10.8 Å². The highest BCUT2D eigenvalue weighted by atomic mass is 32.2. The number of aromatic nitrogens is 2. The summed E-state index contributed by atoms with van der Waals surface area (Å²) in [4.78, 5) is 21.2. The van der Waals surface area contributed by atoms with Gasteiger partial charge in [0.25, 0.3) is 5.56 Å². The molecule has 3 N–H and O–H groups in total. The van der Waals surface area contributed by atoms with Crippen LogP contribution in [-0.4, -0.2) is 21.8 Å². The highest BCUT2D eigenvalue weighted by Crippen LogP contribution is 2.27. The van der Waals surface area contributed by atoms with E-state index < -0.39 is 0 Å². The maximum Gasteiger partial charge on any atom is 0.260 e. The van der Waals surface area contributed by atoms with Gasteiger partial charge in [0.15, 0.2) is 5.16 Å². The van der Waals surface area contributed by atoms with Crippen LogP contribution in [-0.2, 0) is 0 Å². The zero-order valence-electron chi connectivity index (χ0n) is 10.0. The fraction of sp³-hybridized carbons (Fsp3) is 0.455. The summed E-state index contributed by atoms with van der Waals surface area (Å²) >= 11 is 3.07. The van der Waals surface area contributed by atoms with Crippen molar-refractivity contribution in [2.24, 2.45) is 5.73 Å². The molecule has 0 aliphatic heterocycles. The second kappa shape index (κ2) is 4.80. The van der Waals surface area contributed by atoms with Crippen LogP contribution in [0.3, 0.4) is 0 Å². The number of rotatable bonds is 3. The highest BCUT2D eigenvalue weighted by molar-refractivity contribution is 7.99. The summed E-state index contributed by atoms with van der Waals surface area (Å²) < 4.78 is 0. The maximum atomic E-state index is 12.0. The van der Waals surface area contributed by atoms with E-state index in [1.807, 2.05) is 20.8 Å². The first kappa shape index (κ1) is 12.6. The first-order valence-corrected chi connectivity index (χ1v) is 7.09. The zero-order chi connectivity index (χ0) is 12.6. The molecule has 0 saturated heterocycles. The normalized spacial score (nSPS) is 13.2. The fourth-order valence-electron chi connectivity index (χ4n) is 1.53. The van der Waals surface area contributed by atoms with E-state index in [0.717, 1.165) is 20.7 Å². The largest absolute Gasteiger partial charge is 0.329 e. The van der Waals surface area contributed by atoms with Gasteiger partial charge in [-0.05, 0) is 19.4 Å². The van der Waals surface area contributed by atoms with Gasteiger partial charge in [-0.2, -0.15) is 0 Å². The number of H-pyrrole nitrogens is 1. The smallest absolute Gasteiger partial charge is 0.260 e. The molecule has 0 amide bonds. The Morgan fingerprint density at radius 3 is 2.88 bits per heavy atom. The van der Waals surface area contributed by atoms with Gasteiger partial charge in [-0.25, -0.2) is 4.98 Å². The van der Waals surface area contributed by atoms with Crippen molar-refractivity contribution >= 4 is 33.3 Å². The molecule has 2 rings (SSSR count). The number of thiophene rings is 1. The molecule has 2 aromatic heterocycles. The van der Waals surface area contributed by atoms with E-state index in [1.54, 1.807) is 11.3 Å². The van der Waals surface area contributed by atoms with E-state index >= 15 is 0 Å². The van der Waals surface area contributed by atoms with Crippen molar-refractivity contribution in [3.63, 3.8) is 0 Å². The standard InChI is InChI=1S/C11H15N3OS2/c1-5(4-12)16-11-13-9(15)8-6(2)7(3)17-10(8)14-11/h5H,4,12H2,1-3H3,(H,13,14,15). The minimum atomic E-state index is -0.0522. The third-order valence-corrected chi connectivity index (χ3v) is 4.77. The molecule has 2 heterocycles. The molecule has 6 heteroatoms. The molecule has 0 aliphatic carbocycles. The maximum absolute atomic E-state index is 12.0. The number of nitrogens with two attached hydrogens (primary N) is 1. The Bertz CT molecular complexity index is 603. The second-order valence-corrected chi connectivity index (χ2v) is 6.63. The van der Waals surface area contributed by atoms with Crippen LogP contribution in [0.1, 0.15) is 17.4 Å². The fourth-order valence-corrected chi connectivity index (χ4v) is 3.39. The lowest BCUT2D eigenvalue weighted by molar-refractivity contribution is 0.920. The molecule has 2 aromatic rings. The monoisotopic (exact) mass is 269 g/mol. The zero-order valence-corrected chi connectivity index (χ0v) is 11.7. The van der Waals surface area contributed by atoms with E-state index in [9.17, 15) is 4.79 Å². The Hall–Kier alpha value is -0.850. The molecular formula is C11H15N3OS2. The Labute approximate surface area is 108 Å². The third kappa shape index (κ3) is 2.38. The summed E-state index contributed by atoms with van der Waals surface area (Å²) in [7, 11) is 0. The topological polar surface area (TPSA) is 71.8 Å². The van der Waals surface area contributed by atoms with Crippen LogP contribution in [0.4, 0.5) is 0 Å². The second-order valence-electron chi connectivity index (χ2n) is 4.00. The molecule has 0 saturated carbocycles. The summed E-state index contributed by atoms with van der Waals surface area (Å²) in [5.41, 5.74) is 6.54. The van der Waals surface area contributed by atoms with E-state index in [2.05, 4.69) is 9.97 Å². The molecule has 0 radical (unpaired) electrons. The lowest BCUT2D eigenvalue weighted by Crippen LogP contribution is -2.15. The van der Waals surface area contributed by atoms with Crippen molar-refractivity contribution in [1.29, 1.82) is 0 Å². The van der Waals surface area contributed by atoms with Gasteiger partial charge >= 0.3 is 0 Å². The van der Waals surface area contributed by atoms with Crippen LogP contribution < -0.4 is 11.3 Å². The third-order valence-electron chi connectivity index (χ3n) is 2.66. The van der Waals surface area contributed by atoms with Crippen LogP contribution in [0, 0.1) is 13.8 Å². The van der Waals surface area contributed by atoms with Crippen molar-refractivity contribution in [3.8, 4) is 0 Å². The number of hydrogen-bond acceptors (Lipinski definition) is 5. The summed E-state index contributed by atoms with van der Waals surface area (Å²) in [6, 6.07) is 0. The lowest BCUT2D eigenvalue weighted by atomic mass is 10.2. The molecule has 0 bridgehead atoms. The van der Waals surface area contributed by atoms with Gasteiger partial charge in [-0.3, -0.25) is 4.79 Å². The molecule has 4 nitrogen and oxygen atoms in total. The van der Waals surface area contributed by atoms with Gasteiger partial charge in [0, 0.05) is 16.7 Å². The lowest BCUT2D eigenvalue weighted by Gasteiger charge is -2.06. The number of aromatic amines is 1. The molecule has 0 fully saturated rings. The Balaban J connectivity index is 2.53. The predicted octanol–water partition coefficient (Wildman–Crippen LogP) is 2.04. The molecule has 0 aromatic carbocycles. The summed E-state index contributed by atoms with van der Waals surface area (Å²) in [6.07, 6.45) is 0. The number of fused-ring (bicyclic) bond motifs is 1. The molecule has 0 spiro atoms. The van der Waals surface area contributed by atoms with Crippen LogP contribution in [0.2, 0.25) is 0 Å². The highest BCUT2D eigenvalue weighted by Gasteiger charge is 2.13. The van der Waals surface area contributed by atoms with Gasteiger partial charge in [0.05, 0.1) is 5.39 Å². The van der Waals surface area contributed by atoms with Gasteiger partial charge < -0.3 is 10.7 Å². The Kier molecular flexibility index (Phi) is 3.56. The van der Waals surface area contributed by atoms with Crippen molar-refractivity contribution in [2.45, 2.75) is 31.2 Å². The molecule has 1 atom stereocenters. The first-order valence-electron chi connectivity index (χ1n) is 5.39. The van der Waals surface area contributed by atoms with Crippen molar-refractivity contribution in [2.75, 3.05) is 6.54 Å². The van der Waals surface area contributed by atoms with Gasteiger partial charge in [-0.15, -0.1) is 11.3 Å². The molecule has 17 heavy (non-hydrogen) atoms. The van der Waals surface area contributed by atoms with E-state index in [4.69, 9.17) is 5.73 Å². The molecule has 92 valence electrons. The van der Waals surface area contributed by atoms with Gasteiger partial charge in [-0.1, -0.05) is 18.7 Å². The number of aryl methyl sites for hydroxylation is 2. The number of thioether (sulfide) groups is 1. The summed E-state index contributed by atoms with van der Waals surface area (Å²) in [6.45, 7) is 6.55. The Morgan fingerprint density at radius 2 is 2.24 bits per heavy atom. The van der Waals surface area contributed by atoms with Crippen molar-refractivity contribution in [1.82, 2.24) is 9.97 Å². The number of hydrogen-bond donors (Lipinski definition) is 2. The van der Waals surface area contributed by atoms with Crippen LogP contribution in [0.15, 0.2) is 9.95 Å². The van der Waals surface area contributed by atoms with Gasteiger partial charge in [0.2, 0.25) is 0 Å². The van der Waals surface area contributed by atoms with Crippen LogP contribution in [0.25, 0.3) is 10.2 Å². The summed E-state index contributed by atoms with van der Waals surface area (Å²) in [5.74, 6) is 0.